The van der Waals surface area contributed by atoms with Gasteiger partial charge < -0.3 is 15.2 Å². The summed E-state index contributed by atoms with van der Waals surface area (Å²) >= 11 is 3.49. The fourth-order valence-electron chi connectivity index (χ4n) is 1.91. The third-order valence-corrected chi connectivity index (χ3v) is 4.12. The Morgan fingerprint density at radius 3 is 2.57 bits per heavy atom. The fraction of sp³-hybridized carbons (Fsp3) is 0.294. The van der Waals surface area contributed by atoms with Crippen molar-refractivity contribution in [2.75, 3.05) is 18.5 Å². The van der Waals surface area contributed by atoms with Crippen LogP contribution in [-0.4, -0.2) is 24.4 Å². The van der Waals surface area contributed by atoms with E-state index in [1.165, 1.54) is 5.56 Å². The number of nitrogens with one attached hydrogen (secondary N) is 1. The van der Waals surface area contributed by atoms with E-state index in [4.69, 9.17) is 4.74 Å². The summed E-state index contributed by atoms with van der Waals surface area (Å²) in [5.41, 5.74) is 3.33. The van der Waals surface area contributed by atoms with Crippen molar-refractivity contribution in [1.82, 2.24) is 0 Å². The molecule has 0 aliphatic carbocycles. The van der Waals surface area contributed by atoms with Crippen LogP contribution in [0.15, 0.2) is 46.9 Å². The zero-order chi connectivity index (χ0) is 15.2. The van der Waals surface area contributed by atoms with E-state index in [9.17, 15) is 5.11 Å². The molecule has 0 heterocycles. The van der Waals surface area contributed by atoms with Crippen LogP contribution in [0.1, 0.15) is 11.1 Å². The van der Waals surface area contributed by atoms with Gasteiger partial charge in [0.25, 0.3) is 0 Å². The molecular weight excluding hydrogens is 330 g/mol. The number of hydrogen-bond donors (Lipinski definition) is 2. The zero-order valence-corrected chi connectivity index (χ0v) is 13.9. The van der Waals surface area contributed by atoms with E-state index in [2.05, 4.69) is 21.2 Å². The van der Waals surface area contributed by atoms with Gasteiger partial charge in [0.05, 0.1) is 0 Å². The number of aryl methyl sites for hydroxylation is 1. The summed E-state index contributed by atoms with van der Waals surface area (Å²) in [6, 6.07) is 13.8. The van der Waals surface area contributed by atoms with Gasteiger partial charge in [0.2, 0.25) is 0 Å². The molecule has 1 unspecified atom stereocenters. The Kier molecular flexibility index (Phi) is 5.65. The number of ether oxygens (including phenoxy) is 1. The second-order valence-corrected chi connectivity index (χ2v) is 5.93. The number of aliphatic hydroxyl groups excluding tert-OH is 1. The molecule has 2 N–H and O–H groups in total. The van der Waals surface area contributed by atoms with E-state index >= 15 is 0 Å². The first-order valence-corrected chi connectivity index (χ1v) is 7.72. The predicted octanol–water partition coefficient (Wildman–Crippen LogP) is 3.92. The number of halogens is 1. The minimum absolute atomic E-state index is 0.267. The maximum atomic E-state index is 9.99. The van der Waals surface area contributed by atoms with Crippen molar-refractivity contribution in [3.05, 3.63) is 58.1 Å². The molecule has 112 valence electrons. The quantitative estimate of drug-likeness (QED) is 0.830. The smallest absolute Gasteiger partial charge is 0.119 e. The van der Waals surface area contributed by atoms with Gasteiger partial charge in [0, 0.05) is 16.7 Å². The second-order valence-electron chi connectivity index (χ2n) is 5.07. The third-order valence-electron chi connectivity index (χ3n) is 3.26. The van der Waals surface area contributed by atoms with E-state index in [0.29, 0.717) is 6.54 Å². The van der Waals surface area contributed by atoms with Crippen molar-refractivity contribution in [1.29, 1.82) is 0 Å². The van der Waals surface area contributed by atoms with Gasteiger partial charge in [-0.2, -0.15) is 0 Å². The molecule has 0 aliphatic rings. The van der Waals surface area contributed by atoms with Crippen LogP contribution in [0.5, 0.6) is 5.75 Å². The molecule has 0 amide bonds. The van der Waals surface area contributed by atoms with E-state index in [0.717, 1.165) is 21.5 Å². The highest BCUT2D eigenvalue weighted by Crippen LogP contribution is 2.23. The van der Waals surface area contributed by atoms with Gasteiger partial charge in [-0.1, -0.05) is 39.7 Å². The van der Waals surface area contributed by atoms with Gasteiger partial charge in [-0.25, -0.2) is 0 Å². The molecule has 4 heteroatoms. The van der Waals surface area contributed by atoms with Crippen LogP contribution in [0.2, 0.25) is 0 Å². The first-order valence-electron chi connectivity index (χ1n) is 6.93. The summed E-state index contributed by atoms with van der Waals surface area (Å²) in [4.78, 5) is 0. The van der Waals surface area contributed by atoms with Gasteiger partial charge in [-0.15, -0.1) is 0 Å². The Morgan fingerprint density at radius 2 is 1.86 bits per heavy atom. The number of anilines is 1. The molecule has 0 fully saturated rings. The molecule has 21 heavy (non-hydrogen) atoms. The molecule has 0 spiro atoms. The summed E-state index contributed by atoms with van der Waals surface area (Å²) in [5.74, 6) is 0.776. The summed E-state index contributed by atoms with van der Waals surface area (Å²) in [5, 5.41) is 13.2. The van der Waals surface area contributed by atoms with Crippen molar-refractivity contribution >= 4 is 21.6 Å². The monoisotopic (exact) mass is 349 g/mol. The lowest BCUT2D eigenvalue weighted by molar-refractivity contribution is 0.117. The van der Waals surface area contributed by atoms with Crippen LogP contribution in [0.4, 0.5) is 5.69 Å². The number of benzene rings is 2. The number of hydrogen-bond acceptors (Lipinski definition) is 3. The van der Waals surface area contributed by atoms with Crippen LogP contribution in [0.3, 0.4) is 0 Å². The largest absolute Gasteiger partial charge is 0.491 e. The van der Waals surface area contributed by atoms with Crippen LogP contribution in [0.25, 0.3) is 0 Å². The molecule has 0 bridgehead atoms. The summed E-state index contributed by atoms with van der Waals surface area (Å²) in [6.45, 7) is 4.77. The normalized spacial score (nSPS) is 12.0. The molecule has 0 aliphatic heterocycles. The van der Waals surface area contributed by atoms with E-state index in [1.807, 2.05) is 56.3 Å². The van der Waals surface area contributed by atoms with Gasteiger partial charge in [0.15, 0.2) is 0 Å². The highest BCUT2D eigenvalue weighted by molar-refractivity contribution is 9.10. The van der Waals surface area contributed by atoms with E-state index in [-0.39, 0.29) is 6.61 Å². The Hall–Kier alpha value is -1.52. The van der Waals surface area contributed by atoms with Crippen LogP contribution < -0.4 is 10.1 Å². The average Bonchev–Trinajstić information content (AvgIpc) is 2.48. The number of rotatable bonds is 6. The highest BCUT2D eigenvalue weighted by atomic mass is 79.9. The zero-order valence-electron chi connectivity index (χ0n) is 12.3. The highest BCUT2D eigenvalue weighted by Gasteiger charge is 2.07. The average molecular weight is 350 g/mol. The minimum Gasteiger partial charge on any atom is -0.491 e. The summed E-state index contributed by atoms with van der Waals surface area (Å²) in [6.07, 6.45) is -0.565. The molecule has 2 aromatic rings. The summed E-state index contributed by atoms with van der Waals surface area (Å²) in [7, 11) is 0. The van der Waals surface area contributed by atoms with E-state index in [1.54, 1.807) is 0 Å². The fourth-order valence-corrected chi connectivity index (χ4v) is 2.28. The van der Waals surface area contributed by atoms with Gasteiger partial charge >= 0.3 is 0 Å². The van der Waals surface area contributed by atoms with Crippen molar-refractivity contribution in [3.8, 4) is 5.75 Å². The van der Waals surface area contributed by atoms with Crippen LogP contribution in [-0.2, 0) is 0 Å². The van der Waals surface area contributed by atoms with Crippen molar-refractivity contribution in [2.45, 2.75) is 20.0 Å². The standard InChI is InChI=1S/C17H20BrNO2/c1-12-6-8-15(9-7-12)21-11-14(20)10-19-17-5-3-4-16(18)13(17)2/h3-9,14,19-20H,10-11H2,1-2H3. The molecular formula is C17H20BrNO2. The lowest BCUT2D eigenvalue weighted by Gasteiger charge is -2.16. The third kappa shape index (κ3) is 4.76. The Labute approximate surface area is 134 Å². The molecule has 0 aromatic heterocycles. The minimum atomic E-state index is -0.565. The van der Waals surface area contributed by atoms with Crippen LogP contribution in [0, 0.1) is 13.8 Å². The van der Waals surface area contributed by atoms with E-state index < -0.39 is 6.10 Å². The lowest BCUT2D eigenvalue weighted by Crippen LogP contribution is -2.26. The maximum Gasteiger partial charge on any atom is 0.119 e. The molecule has 3 nitrogen and oxygen atoms in total. The maximum absolute atomic E-state index is 9.99. The first kappa shape index (κ1) is 15.9. The molecule has 2 rings (SSSR count). The molecule has 1 atom stereocenters. The second kappa shape index (κ2) is 7.48. The first-order chi connectivity index (χ1) is 10.1. The Bertz CT molecular complexity index is 584. The Morgan fingerprint density at radius 1 is 1.14 bits per heavy atom. The molecule has 0 saturated carbocycles. The van der Waals surface area contributed by atoms with Crippen LogP contribution >= 0.6 is 15.9 Å². The van der Waals surface area contributed by atoms with Gasteiger partial charge in [-0.3, -0.25) is 0 Å². The predicted molar refractivity (Wildman–Crippen MR) is 90.0 cm³/mol. The van der Waals surface area contributed by atoms with Crippen molar-refractivity contribution < 1.29 is 9.84 Å². The lowest BCUT2D eigenvalue weighted by atomic mass is 10.2. The Balaban J connectivity index is 1.80. The number of aliphatic hydroxyl groups is 1. The molecule has 0 radical (unpaired) electrons. The topological polar surface area (TPSA) is 41.5 Å². The summed E-state index contributed by atoms with van der Waals surface area (Å²) < 4.78 is 6.62. The molecule has 2 aromatic carbocycles. The van der Waals surface area contributed by atoms with Crippen molar-refractivity contribution in [2.24, 2.45) is 0 Å². The SMILES string of the molecule is Cc1ccc(OCC(O)CNc2cccc(Br)c2C)cc1. The van der Waals surface area contributed by atoms with Crippen molar-refractivity contribution in [3.63, 3.8) is 0 Å². The molecule has 0 saturated heterocycles. The van der Waals surface area contributed by atoms with Gasteiger partial charge in [0.1, 0.15) is 18.5 Å². The van der Waals surface area contributed by atoms with Gasteiger partial charge in [-0.05, 0) is 43.7 Å².